The van der Waals surface area contributed by atoms with Crippen LogP contribution in [0.2, 0.25) is 0 Å². The first-order chi connectivity index (χ1) is 8.15. The van der Waals surface area contributed by atoms with Crippen molar-refractivity contribution in [2.45, 2.75) is 13.5 Å². The topological polar surface area (TPSA) is 24.9 Å². The van der Waals surface area contributed by atoms with Crippen molar-refractivity contribution in [3.05, 3.63) is 57.9 Å². The molecule has 4 heteroatoms. The number of hydrogen-bond acceptors (Lipinski definition) is 2. The van der Waals surface area contributed by atoms with E-state index in [1.165, 1.54) is 11.6 Å². The number of halogens is 2. The Hall–Kier alpha value is -1.42. The molecule has 0 amide bonds. The van der Waals surface area contributed by atoms with Gasteiger partial charge in [-0.05, 0) is 42.3 Å². The fourth-order valence-corrected chi connectivity index (χ4v) is 1.93. The summed E-state index contributed by atoms with van der Waals surface area (Å²) in [5.74, 6) is 0.0744. The Morgan fingerprint density at radius 3 is 2.88 bits per heavy atom. The van der Waals surface area contributed by atoms with Gasteiger partial charge in [-0.25, -0.2) is 4.98 Å². The van der Waals surface area contributed by atoms with Crippen molar-refractivity contribution >= 4 is 21.7 Å². The molecule has 2 nitrogen and oxygen atoms in total. The summed E-state index contributed by atoms with van der Waals surface area (Å²) in [4.78, 5) is 3.75. The lowest BCUT2D eigenvalue weighted by molar-refractivity contribution is 0.585. The zero-order valence-corrected chi connectivity index (χ0v) is 11.0. The molecule has 0 unspecified atom stereocenters. The SMILES string of the molecule is Cc1ccc(Br)cc1CNc1cccc(F)n1. The van der Waals surface area contributed by atoms with Gasteiger partial charge < -0.3 is 5.32 Å². The van der Waals surface area contributed by atoms with Gasteiger partial charge in [0.05, 0.1) is 0 Å². The van der Waals surface area contributed by atoms with E-state index in [1.807, 2.05) is 25.1 Å². The highest BCUT2D eigenvalue weighted by molar-refractivity contribution is 9.10. The molecular formula is C13H12BrFN2. The van der Waals surface area contributed by atoms with Gasteiger partial charge in [0.25, 0.3) is 0 Å². The monoisotopic (exact) mass is 294 g/mol. The summed E-state index contributed by atoms with van der Waals surface area (Å²) in [6, 6.07) is 10.8. The van der Waals surface area contributed by atoms with Crippen LogP contribution in [0.4, 0.5) is 10.2 Å². The number of nitrogens with zero attached hydrogens (tertiary/aromatic N) is 1. The molecule has 0 fully saturated rings. The molecule has 1 N–H and O–H groups in total. The van der Waals surface area contributed by atoms with Crippen molar-refractivity contribution in [2.24, 2.45) is 0 Å². The first kappa shape index (κ1) is 12.0. The highest BCUT2D eigenvalue weighted by Crippen LogP contribution is 2.17. The number of rotatable bonds is 3. The summed E-state index contributed by atoms with van der Waals surface area (Å²) in [5, 5.41) is 3.10. The average molecular weight is 295 g/mol. The minimum Gasteiger partial charge on any atom is -0.366 e. The Morgan fingerprint density at radius 1 is 1.29 bits per heavy atom. The lowest BCUT2D eigenvalue weighted by atomic mass is 10.1. The fourth-order valence-electron chi connectivity index (χ4n) is 1.52. The summed E-state index contributed by atoms with van der Waals surface area (Å²) < 4.78 is 13.9. The third kappa shape index (κ3) is 3.27. The second-order valence-electron chi connectivity index (χ2n) is 3.77. The van der Waals surface area contributed by atoms with Crippen molar-refractivity contribution in [3.63, 3.8) is 0 Å². The van der Waals surface area contributed by atoms with E-state index < -0.39 is 5.95 Å². The van der Waals surface area contributed by atoms with Gasteiger partial charge in [-0.2, -0.15) is 4.39 Å². The van der Waals surface area contributed by atoms with Crippen LogP contribution >= 0.6 is 15.9 Å². The molecule has 1 aromatic carbocycles. The standard InChI is InChI=1S/C13H12BrFN2/c1-9-5-6-11(14)7-10(9)8-16-13-4-2-3-12(15)17-13/h2-7H,8H2,1H3,(H,16,17). The molecule has 0 atom stereocenters. The summed E-state index contributed by atoms with van der Waals surface area (Å²) in [6.45, 7) is 2.67. The first-order valence-electron chi connectivity index (χ1n) is 5.26. The minimum atomic E-state index is -0.471. The molecule has 0 aliphatic heterocycles. The third-order valence-corrected chi connectivity index (χ3v) is 2.98. The smallest absolute Gasteiger partial charge is 0.214 e. The van der Waals surface area contributed by atoms with Gasteiger partial charge in [0, 0.05) is 11.0 Å². The summed E-state index contributed by atoms with van der Waals surface area (Å²) in [7, 11) is 0. The number of nitrogens with one attached hydrogen (secondary N) is 1. The second kappa shape index (κ2) is 5.27. The second-order valence-corrected chi connectivity index (χ2v) is 4.69. The van der Waals surface area contributed by atoms with E-state index >= 15 is 0 Å². The van der Waals surface area contributed by atoms with Crippen molar-refractivity contribution in [1.29, 1.82) is 0 Å². The summed E-state index contributed by atoms with van der Waals surface area (Å²) in [5.41, 5.74) is 2.35. The van der Waals surface area contributed by atoms with Gasteiger partial charge in [-0.3, -0.25) is 0 Å². The zero-order chi connectivity index (χ0) is 12.3. The normalized spacial score (nSPS) is 10.3. The van der Waals surface area contributed by atoms with Crippen LogP contribution in [0.5, 0.6) is 0 Å². The van der Waals surface area contributed by atoms with E-state index in [1.54, 1.807) is 12.1 Å². The van der Waals surface area contributed by atoms with Crippen LogP contribution < -0.4 is 5.32 Å². The number of benzene rings is 1. The maximum absolute atomic E-state index is 12.9. The Kier molecular flexibility index (Phi) is 3.74. The molecule has 0 saturated carbocycles. The van der Waals surface area contributed by atoms with Gasteiger partial charge in [-0.1, -0.05) is 28.1 Å². The predicted molar refractivity (Wildman–Crippen MR) is 70.4 cm³/mol. The molecular weight excluding hydrogens is 283 g/mol. The molecule has 0 spiro atoms. The van der Waals surface area contributed by atoms with Crippen LogP contribution in [-0.4, -0.2) is 4.98 Å². The average Bonchev–Trinajstić information content (AvgIpc) is 2.30. The number of hydrogen-bond donors (Lipinski definition) is 1. The van der Waals surface area contributed by atoms with E-state index in [-0.39, 0.29) is 0 Å². The third-order valence-electron chi connectivity index (χ3n) is 2.49. The predicted octanol–water partition coefficient (Wildman–Crippen LogP) is 3.90. The van der Waals surface area contributed by atoms with E-state index in [9.17, 15) is 4.39 Å². The van der Waals surface area contributed by atoms with Crippen LogP contribution in [0.25, 0.3) is 0 Å². The van der Waals surface area contributed by atoms with Crippen LogP contribution in [-0.2, 0) is 6.54 Å². The van der Waals surface area contributed by atoms with Gasteiger partial charge in [-0.15, -0.1) is 0 Å². The molecule has 2 rings (SSSR count). The largest absolute Gasteiger partial charge is 0.366 e. The molecule has 88 valence electrons. The molecule has 0 saturated heterocycles. The number of aromatic nitrogens is 1. The van der Waals surface area contributed by atoms with Gasteiger partial charge in [0.15, 0.2) is 0 Å². The van der Waals surface area contributed by atoms with Crippen LogP contribution in [0.15, 0.2) is 40.9 Å². The maximum Gasteiger partial charge on any atom is 0.214 e. The fraction of sp³-hybridized carbons (Fsp3) is 0.154. The highest BCUT2D eigenvalue weighted by atomic mass is 79.9. The number of aryl methyl sites for hydroxylation is 1. The first-order valence-corrected chi connectivity index (χ1v) is 6.06. The van der Waals surface area contributed by atoms with Gasteiger partial charge in [0.1, 0.15) is 5.82 Å². The molecule has 1 heterocycles. The van der Waals surface area contributed by atoms with Gasteiger partial charge >= 0.3 is 0 Å². The molecule has 0 radical (unpaired) electrons. The van der Waals surface area contributed by atoms with Crippen molar-refractivity contribution in [1.82, 2.24) is 4.98 Å². The lowest BCUT2D eigenvalue weighted by Gasteiger charge is -2.08. The van der Waals surface area contributed by atoms with E-state index in [0.717, 1.165) is 10.0 Å². The number of pyridine rings is 1. The molecule has 1 aromatic heterocycles. The Labute approximate surface area is 108 Å². The maximum atomic E-state index is 12.9. The Morgan fingerprint density at radius 2 is 2.12 bits per heavy atom. The summed E-state index contributed by atoms with van der Waals surface area (Å²) in [6.07, 6.45) is 0. The van der Waals surface area contributed by atoms with Crippen LogP contribution in [0.3, 0.4) is 0 Å². The number of anilines is 1. The van der Waals surface area contributed by atoms with Crippen LogP contribution in [0, 0.1) is 12.9 Å². The quantitative estimate of drug-likeness (QED) is 0.869. The van der Waals surface area contributed by atoms with E-state index in [2.05, 4.69) is 26.2 Å². The molecule has 0 bridgehead atoms. The van der Waals surface area contributed by atoms with Crippen molar-refractivity contribution in [2.75, 3.05) is 5.32 Å². The molecule has 17 heavy (non-hydrogen) atoms. The minimum absolute atomic E-state index is 0.471. The lowest BCUT2D eigenvalue weighted by Crippen LogP contribution is -2.03. The van der Waals surface area contributed by atoms with Crippen molar-refractivity contribution < 1.29 is 4.39 Å². The van der Waals surface area contributed by atoms with Gasteiger partial charge in [0.2, 0.25) is 5.95 Å². The summed E-state index contributed by atoms with van der Waals surface area (Å²) >= 11 is 3.43. The zero-order valence-electron chi connectivity index (χ0n) is 9.37. The van der Waals surface area contributed by atoms with E-state index in [4.69, 9.17) is 0 Å². The highest BCUT2D eigenvalue weighted by Gasteiger charge is 2.01. The molecule has 0 aliphatic rings. The van der Waals surface area contributed by atoms with E-state index in [0.29, 0.717) is 12.4 Å². The van der Waals surface area contributed by atoms with Crippen molar-refractivity contribution in [3.8, 4) is 0 Å². The molecule has 2 aromatic rings. The Bertz CT molecular complexity index is 529. The molecule has 0 aliphatic carbocycles. The Balaban J connectivity index is 2.09. The van der Waals surface area contributed by atoms with Crippen LogP contribution in [0.1, 0.15) is 11.1 Å².